The SMILES string of the molecule is CCNCC(=O)NC1CCC(C(=O)O)C1. The summed E-state index contributed by atoms with van der Waals surface area (Å²) in [6, 6.07) is 0.0391. The molecule has 0 radical (unpaired) electrons. The molecule has 0 heterocycles. The fourth-order valence-electron chi connectivity index (χ4n) is 1.85. The average Bonchev–Trinajstić information content (AvgIpc) is 2.63. The Bertz CT molecular complexity index is 243. The van der Waals surface area contributed by atoms with E-state index in [0.29, 0.717) is 19.4 Å². The number of rotatable bonds is 5. The van der Waals surface area contributed by atoms with E-state index in [1.807, 2.05) is 6.92 Å². The van der Waals surface area contributed by atoms with E-state index in [1.165, 1.54) is 0 Å². The summed E-state index contributed by atoms with van der Waals surface area (Å²) in [5.41, 5.74) is 0. The van der Waals surface area contributed by atoms with Crippen molar-refractivity contribution in [1.82, 2.24) is 10.6 Å². The lowest BCUT2D eigenvalue weighted by atomic mass is 10.1. The van der Waals surface area contributed by atoms with Crippen LogP contribution in [-0.2, 0) is 9.59 Å². The first kappa shape index (κ1) is 12.0. The molecule has 0 saturated heterocycles. The number of aliphatic carboxylic acids is 1. The molecular formula is C10H18N2O3. The average molecular weight is 214 g/mol. The number of carboxylic acid groups (broad SMARTS) is 1. The van der Waals surface area contributed by atoms with Crippen LogP contribution in [0.2, 0.25) is 0 Å². The Hall–Kier alpha value is -1.10. The highest BCUT2D eigenvalue weighted by Gasteiger charge is 2.30. The Kier molecular flexibility index (Phi) is 4.55. The highest BCUT2D eigenvalue weighted by Crippen LogP contribution is 2.25. The van der Waals surface area contributed by atoms with Gasteiger partial charge in [-0.1, -0.05) is 6.92 Å². The summed E-state index contributed by atoms with van der Waals surface area (Å²) >= 11 is 0. The molecule has 86 valence electrons. The molecule has 2 unspecified atom stereocenters. The van der Waals surface area contributed by atoms with E-state index >= 15 is 0 Å². The van der Waals surface area contributed by atoms with Crippen LogP contribution in [0.1, 0.15) is 26.2 Å². The minimum atomic E-state index is -0.751. The molecule has 3 N–H and O–H groups in total. The minimum absolute atomic E-state index is 0.0391. The first-order valence-corrected chi connectivity index (χ1v) is 5.36. The van der Waals surface area contributed by atoms with Gasteiger partial charge in [-0.3, -0.25) is 9.59 Å². The van der Waals surface area contributed by atoms with Crippen LogP contribution in [0.5, 0.6) is 0 Å². The van der Waals surface area contributed by atoms with Crippen molar-refractivity contribution in [1.29, 1.82) is 0 Å². The van der Waals surface area contributed by atoms with Crippen LogP contribution in [-0.4, -0.2) is 36.1 Å². The second-order valence-corrected chi connectivity index (χ2v) is 3.89. The van der Waals surface area contributed by atoms with Crippen molar-refractivity contribution in [2.75, 3.05) is 13.1 Å². The highest BCUT2D eigenvalue weighted by atomic mass is 16.4. The number of carboxylic acids is 1. The lowest BCUT2D eigenvalue weighted by Gasteiger charge is -2.12. The molecule has 1 fully saturated rings. The fraction of sp³-hybridized carbons (Fsp3) is 0.800. The number of amides is 1. The van der Waals surface area contributed by atoms with E-state index in [2.05, 4.69) is 10.6 Å². The van der Waals surface area contributed by atoms with Crippen LogP contribution >= 0.6 is 0 Å². The Morgan fingerprint density at radius 1 is 1.40 bits per heavy atom. The van der Waals surface area contributed by atoms with E-state index in [-0.39, 0.29) is 17.9 Å². The molecule has 0 aromatic rings. The van der Waals surface area contributed by atoms with Gasteiger partial charge in [-0.2, -0.15) is 0 Å². The van der Waals surface area contributed by atoms with Crippen molar-refractivity contribution in [3.05, 3.63) is 0 Å². The molecule has 1 rings (SSSR count). The van der Waals surface area contributed by atoms with Gasteiger partial charge in [-0.15, -0.1) is 0 Å². The van der Waals surface area contributed by atoms with Crippen molar-refractivity contribution in [2.24, 2.45) is 5.92 Å². The third-order valence-electron chi connectivity index (χ3n) is 2.68. The first-order chi connectivity index (χ1) is 7.13. The number of carbonyl (C=O) groups excluding carboxylic acids is 1. The zero-order valence-electron chi connectivity index (χ0n) is 8.95. The molecule has 0 aromatic heterocycles. The Balaban J connectivity index is 2.23. The number of carbonyl (C=O) groups is 2. The summed E-state index contributed by atoms with van der Waals surface area (Å²) in [5.74, 6) is -1.08. The Labute approximate surface area is 89.2 Å². The van der Waals surface area contributed by atoms with E-state index < -0.39 is 5.97 Å². The molecular weight excluding hydrogens is 196 g/mol. The van der Waals surface area contributed by atoms with E-state index in [4.69, 9.17) is 5.11 Å². The van der Waals surface area contributed by atoms with Crippen molar-refractivity contribution in [2.45, 2.75) is 32.2 Å². The van der Waals surface area contributed by atoms with Crippen molar-refractivity contribution < 1.29 is 14.7 Å². The maximum absolute atomic E-state index is 11.3. The molecule has 1 aliphatic rings. The predicted octanol–water partition coefficient (Wildman–Crippen LogP) is -0.0346. The van der Waals surface area contributed by atoms with Gasteiger partial charge in [0.05, 0.1) is 12.5 Å². The van der Waals surface area contributed by atoms with E-state index in [1.54, 1.807) is 0 Å². The van der Waals surface area contributed by atoms with Gasteiger partial charge in [0.25, 0.3) is 0 Å². The van der Waals surface area contributed by atoms with Gasteiger partial charge in [-0.05, 0) is 25.8 Å². The maximum Gasteiger partial charge on any atom is 0.306 e. The van der Waals surface area contributed by atoms with Gasteiger partial charge in [0, 0.05) is 6.04 Å². The molecule has 0 aromatic carbocycles. The predicted molar refractivity (Wildman–Crippen MR) is 55.5 cm³/mol. The van der Waals surface area contributed by atoms with Gasteiger partial charge < -0.3 is 15.7 Å². The lowest BCUT2D eigenvalue weighted by molar-refractivity contribution is -0.141. The van der Waals surface area contributed by atoms with Crippen molar-refractivity contribution in [3.63, 3.8) is 0 Å². The molecule has 15 heavy (non-hydrogen) atoms. The number of nitrogens with one attached hydrogen (secondary N) is 2. The van der Waals surface area contributed by atoms with E-state index in [9.17, 15) is 9.59 Å². The van der Waals surface area contributed by atoms with Gasteiger partial charge in [0.2, 0.25) is 5.91 Å². The molecule has 5 heteroatoms. The molecule has 0 aliphatic heterocycles. The number of hydrogen-bond donors (Lipinski definition) is 3. The van der Waals surface area contributed by atoms with Gasteiger partial charge in [-0.25, -0.2) is 0 Å². The number of hydrogen-bond acceptors (Lipinski definition) is 3. The smallest absolute Gasteiger partial charge is 0.306 e. The summed E-state index contributed by atoms with van der Waals surface area (Å²) in [6.07, 6.45) is 2.00. The summed E-state index contributed by atoms with van der Waals surface area (Å²) in [7, 11) is 0. The number of likely N-dealkylation sites (N-methyl/N-ethyl adjacent to an activating group) is 1. The van der Waals surface area contributed by atoms with Gasteiger partial charge >= 0.3 is 5.97 Å². The van der Waals surface area contributed by atoms with Crippen LogP contribution in [0.15, 0.2) is 0 Å². The lowest BCUT2D eigenvalue weighted by Crippen LogP contribution is -2.39. The van der Waals surface area contributed by atoms with Gasteiger partial charge in [0.1, 0.15) is 0 Å². The zero-order valence-corrected chi connectivity index (χ0v) is 8.95. The van der Waals surface area contributed by atoms with Crippen LogP contribution in [0.4, 0.5) is 0 Å². The van der Waals surface area contributed by atoms with Crippen molar-refractivity contribution in [3.8, 4) is 0 Å². The van der Waals surface area contributed by atoms with E-state index in [0.717, 1.165) is 13.0 Å². The highest BCUT2D eigenvalue weighted by molar-refractivity contribution is 5.78. The Morgan fingerprint density at radius 3 is 2.67 bits per heavy atom. The van der Waals surface area contributed by atoms with Crippen LogP contribution in [0.25, 0.3) is 0 Å². The monoisotopic (exact) mass is 214 g/mol. The van der Waals surface area contributed by atoms with Gasteiger partial charge in [0.15, 0.2) is 0 Å². The van der Waals surface area contributed by atoms with Crippen LogP contribution in [0.3, 0.4) is 0 Å². The first-order valence-electron chi connectivity index (χ1n) is 5.36. The maximum atomic E-state index is 11.3. The molecule has 0 spiro atoms. The zero-order chi connectivity index (χ0) is 11.3. The Morgan fingerprint density at radius 2 is 2.13 bits per heavy atom. The molecule has 1 saturated carbocycles. The summed E-state index contributed by atoms with van der Waals surface area (Å²) in [5, 5.41) is 14.5. The van der Waals surface area contributed by atoms with Crippen molar-refractivity contribution >= 4 is 11.9 Å². The summed E-state index contributed by atoms with van der Waals surface area (Å²) < 4.78 is 0. The third-order valence-corrected chi connectivity index (χ3v) is 2.68. The quantitative estimate of drug-likeness (QED) is 0.600. The molecule has 2 atom stereocenters. The fourth-order valence-corrected chi connectivity index (χ4v) is 1.85. The van der Waals surface area contributed by atoms with Crippen LogP contribution < -0.4 is 10.6 Å². The second kappa shape index (κ2) is 5.70. The molecule has 0 bridgehead atoms. The molecule has 1 amide bonds. The topological polar surface area (TPSA) is 78.4 Å². The molecule has 1 aliphatic carbocycles. The molecule has 5 nitrogen and oxygen atoms in total. The second-order valence-electron chi connectivity index (χ2n) is 3.89. The third kappa shape index (κ3) is 3.87. The summed E-state index contributed by atoms with van der Waals surface area (Å²) in [4.78, 5) is 22.0. The normalized spacial score (nSPS) is 25.1. The summed E-state index contributed by atoms with van der Waals surface area (Å²) in [6.45, 7) is 3.00. The largest absolute Gasteiger partial charge is 0.481 e. The standard InChI is InChI=1S/C10H18N2O3/c1-2-11-6-9(13)12-8-4-3-7(5-8)10(14)15/h7-8,11H,2-6H2,1H3,(H,12,13)(H,14,15). The van der Waals surface area contributed by atoms with Crippen LogP contribution in [0, 0.1) is 5.92 Å². The minimum Gasteiger partial charge on any atom is -0.481 e.